The number of nitrogens with one attached hydrogen (secondary N) is 1. The first-order valence-electron chi connectivity index (χ1n) is 8.77. The highest BCUT2D eigenvalue weighted by molar-refractivity contribution is 6.30. The number of rotatable bonds is 9. The maximum atomic E-state index is 6.10. The topological polar surface area (TPSA) is 65.5 Å². The standard InChI is InChI=1S/C19H26ClN3O3/c1-6-13(7-2)21-17-19(25-5)22-16(18(23-17)24-4)14-10-9-12(20)11-15(14)26-8-3/h9-11,13H,6-8H2,1-5H3,(H,21,23). The molecule has 2 rings (SSSR count). The third kappa shape index (κ3) is 4.49. The van der Waals surface area contributed by atoms with Crippen molar-refractivity contribution >= 4 is 17.4 Å². The van der Waals surface area contributed by atoms with Crippen LogP contribution >= 0.6 is 11.6 Å². The minimum absolute atomic E-state index is 0.281. The number of ether oxygens (including phenoxy) is 3. The van der Waals surface area contributed by atoms with E-state index in [2.05, 4.69) is 29.1 Å². The van der Waals surface area contributed by atoms with Crippen LogP contribution in [0.5, 0.6) is 17.5 Å². The van der Waals surface area contributed by atoms with Gasteiger partial charge in [-0.25, -0.2) is 4.98 Å². The zero-order valence-electron chi connectivity index (χ0n) is 15.9. The van der Waals surface area contributed by atoms with Crippen molar-refractivity contribution in [2.75, 3.05) is 26.1 Å². The highest BCUT2D eigenvalue weighted by Crippen LogP contribution is 2.38. The van der Waals surface area contributed by atoms with Crippen LogP contribution in [0.25, 0.3) is 11.3 Å². The fourth-order valence-corrected chi connectivity index (χ4v) is 2.77. The summed E-state index contributed by atoms with van der Waals surface area (Å²) in [6.45, 7) is 6.66. The van der Waals surface area contributed by atoms with Gasteiger partial charge in [0.2, 0.25) is 5.88 Å². The van der Waals surface area contributed by atoms with Crippen molar-refractivity contribution in [3.63, 3.8) is 0 Å². The second kappa shape index (κ2) is 9.48. The summed E-state index contributed by atoms with van der Waals surface area (Å²) in [7, 11) is 3.14. The Kier molecular flexibility index (Phi) is 7.33. The number of methoxy groups -OCH3 is 2. The highest BCUT2D eigenvalue weighted by Gasteiger charge is 2.21. The van der Waals surface area contributed by atoms with E-state index in [9.17, 15) is 0 Å². The molecule has 0 fully saturated rings. The number of halogens is 1. The lowest BCUT2D eigenvalue weighted by Gasteiger charge is -2.19. The number of hydrogen-bond donors (Lipinski definition) is 1. The zero-order chi connectivity index (χ0) is 19.1. The lowest BCUT2D eigenvalue weighted by molar-refractivity contribution is 0.340. The Balaban J connectivity index is 2.56. The van der Waals surface area contributed by atoms with Crippen molar-refractivity contribution in [1.82, 2.24) is 9.97 Å². The predicted molar refractivity (Wildman–Crippen MR) is 105 cm³/mol. The van der Waals surface area contributed by atoms with Crippen molar-refractivity contribution in [1.29, 1.82) is 0 Å². The molecule has 26 heavy (non-hydrogen) atoms. The molecule has 0 saturated carbocycles. The van der Waals surface area contributed by atoms with Gasteiger partial charge < -0.3 is 19.5 Å². The van der Waals surface area contributed by atoms with Gasteiger partial charge >= 0.3 is 0 Å². The minimum atomic E-state index is 0.281. The third-order valence-electron chi connectivity index (χ3n) is 4.04. The van der Waals surface area contributed by atoms with Gasteiger partial charge in [-0.05, 0) is 38.0 Å². The second-order valence-electron chi connectivity index (χ2n) is 5.67. The van der Waals surface area contributed by atoms with Crippen LogP contribution in [0.3, 0.4) is 0 Å². The van der Waals surface area contributed by atoms with E-state index < -0.39 is 0 Å². The average molecular weight is 380 g/mol. The van der Waals surface area contributed by atoms with Crippen LogP contribution in [-0.4, -0.2) is 36.8 Å². The van der Waals surface area contributed by atoms with Gasteiger partial charge in [-0.1, -0.05) is 25.4 Å². The molecule has 0 unspecified atom stereocenters. The molecule has 0 radical (unpaired) electrons. The van der Waals surface area contributed by atoms with Gasteiger partial charge in [-0.3, -0.25) is 0 Å². The summed E-state index contributed by atoms with van der Waals surface area (Å²) in [6, 6.07) is 5.66. The van der Waals surface area contributed by atoms with Crippen LogP contribution in [0.15, 0.2) is 18.2 Å². The molecule has 7 heteroatoms. The van der Waals surface area contributed by atoms with E-state index in [1.807, 2.05) is 13.0 Å². The van der Waals surface area contributed by atoms with Crippen molar-refractivity contribution < 1.29 is 14.2 Å². The van der Waals surface area contributed by atoms with Crippen molar-refractivity contribution in [2.24, 2.45) is 0 Å². The molecule has 0 amide bonds. The molecular formula is C19H26ClN3O3. The summed E-state index contributed by atoms with van der Waals surface area (Å²) in [4.78, 5) is 9.22. The summed E-state index contributed by atoms with van der Waals surface area (Å²) in [5.74, 6) is 1.98. The summed E-state index contributed by atoms with van der Waals surface area (Å²) in [6.07, 6.45) is 1.94. The largest absolute Gasteiger partial charge is 0.493 e. The maximum Gasteiger partial charge on any atom is 0.258 e. The van der Waals surface area contributed by atoms with Crippen LogP contribution < -0.4 is 19.5 Å². The first kappa shape index (κ1) is 20.1. The Morgan fingerprint density at radius 1 is 1.04 bits per heavy atom. The number of aromatic nitrogens is 2. The van der Waals surface area contributed by atoms with Crippen LogP contribution in [0, 0.1) is 0 Å². The molecule has 2 aromatic rings. The zero-order valence-corrected chi connectivity index (χ0v) is 16.7. The quantitative estimate of drug-likeness (QED) is 0.674. The van der Waals surface area contributed by atoms with E-state index in [1.165, 1.54) is 0 Å². The monoisotopic (exact) mass is 379 g/mol. The van der Waals surface area contributed by atoms with Crippen LogP contribution in [0.1, 0.15) is 33.6 Å². The molecule has 0 aliphatic carbocycles. The molecule has 0 aliphatic rings. The van der Waals surface area contributed by atoms with E-state index in [-0.39, 0.29) is 6.04 Å². The normalized spacial score (nSPS) is 10.7. The molecule has 142 valence electrons. The van der Waals surface area contributed by atoms with Gasteiger partial charge in [0.05, 0.1) is 20.8 Å². The van der Waals surface area contributed by atoms with Gasteiger partial charge in [-0.15, -0.1) is 0 Å². The summed E-state index contributed by atoms with van der Waals surface area (Å²) in [5.41, 5.74) is 1.28. The van der Waals surface area contributed by atoms with Crippen molar-refractivity contribution in [3.8, 4) is 28.8 Å². The highest BCUT2D eigenvalue weighted by atomic mass is 35.5. The van der Waals surface area contributed by atoms with Gasteiger partial charge in [0.15, 0.2) is 5.82 Å². The van der Waals surface area contributed by atoms with E-state index in [1.54, 1.807) is 26.4 Å². The molecular weight excluding hydrogens is 354 g/mol. The van der Waals surface area contributed by atoms with Crippen LogP contribution in [0.2, 0.25) is 5.02 Å². The van der Waals surface area contributed by atoms with Gasteiger partial charge in [0.1, 0.15) is 11.4 Å². The van der Waals surface area contributed by atoms with Gasteiger partial charge in [0, 0.05) is 16.6 Å². The first-order valence-corrected chi connectivity index (χ1v) is 9.14. The summed E-state index contributed by atoms with van der Waals surface area (Å²) >= 11 is 6.10. The molecule has 6 nitrogen and oxygen atoms in total. The summed E-state index contributed by atoms with van der Waals surface area (Å²) < 4.78 is 16.7. The lowest BCUT2D eigenvalue weighted by atomic mass is 10.1. The SMILES string of the molecule is CCOc1cc(Cl)ccc1-c1nc(OC)c(NC(CC)CC)nc1OC. The number of anilines is 1. The fourth-order valence-electron chi connectivity index (χ4n) is 2.61. The molecule has 0 bridgehead atoms. The Bertz CT molecular complexity index is 736. The number of benzene rings is 1. The van der Waals surface area contributed by atoms with E-state index >= 15 is 0 Å². The first-order chi connectivity index (χ1) is 12.6. The second-order valence-corrected chi connectivity index (χ2v) is 6.11. The van der Waals surface area contributed by atoms with Gasteiger partial charge in [0.25, 0.3) is 5.88 Å². The maximum absolute atomic E-state index is 6.10. The number of nitrogens with zero attached hydrogens (tertiary/aromatic N) is 2. The van der Waals surface area contributed by atoms with E-state index in [0.717, 1.165) is 18.4 Å². The molecule has 0 saturated heterocycles. The van der Waals surface area contributed by atoms with Crippen molar-refractivity contribution in [3.05, 3.63) is 23.2 Å². The summed E-state index contributed by atoms with van der Waals surface area (Å²) in [5, 5.41) is 3.96. The molecule has 0 spiro atoms. The van der Waals surface area contributed by atoms with E-state index in [4.69, 9.17) is 25.8 Å². The Morgan fingerprint density at radius 3 is 2.31 bits per heavy atom. The number of hydrogen-bond acceptors (Lipinski definition) is 6. The smallest absolute Gasteiger partial charge is 0.258 e. The molecule has 1 aromatic carbocycles. The molecule has 0 atom stereocenters. The lowest BCUT2D eigenvalue weighted by Crippen LogP contribution is -2.19. The van der Waals surface area contributed by atoms with Crippen LogP contribution in [0.4, 0.5) is 5.82 Å². The molecule has 0 aliphatic heterocycles. The minimum Gasteiger partial charge on any atom is -0.493 e. The third-order valence-corrected chi connectivity index (χ3v) is 4.28. The van der Waals surface area contributed by atoms with Gasteiger partial charge in [-0.2, -0.15) is 4.98 Å². The Morgan fingerprint density at radius 2 is 1.73 bits per heavy atom. The predicted octanol–water partition coefficient (Wildman–Crippen LogP) is 4.81. The molecule has 1 heterocycles. The van der Waals surface area contributed by atoms with Crippen LogP contribution in [-0.2, 0) is 0 Å². The molecule has 1 N–H and O–H groups in total. The van der Waals surface area contributed by atoms with Crippen molar-refractivity contribution in [2.45, 2.75) is 39.7 Å². The molecule has 1 aromatic heterocycles. The fraction of sp³-hybridized carbons (Fsp3) is 0.474. The Hall–Kier alpha value is -2.21. The average Bonchev–Trinajstić information content (AvgIpc) is 2.66. The Labute approximate surface area is 159 Å². The van der Waals surface area contributed by atoms with E-state index in [0.29, 0.717) is 40.7 Å².